The molecule has 6 nitrogen and oxygen atoms in total. The minimum atomic E-state index is -0.405. The molecule has 2 amide bonds. The highest BCUT2D eigenvalue weighted by molar-refractivity contribution is 6.07. The van der Waals surface area contributed by atoms with Gasteiger partial charge in [0.15, 0.2) is 0 Å². The molecule has 0 aromatic heterocycles. The van der Waals surface area contributed by atoms with E-state index >= 15 is 0 Å². The van der Waals surface area contributed by atoms with Crippen molar-refractivity contribution in [1.82, 2.24) is 0 Å². The number of methoxy groups -OCH3 is 1. The number of rotatable bonds is 4. The van der Waals surface area contributed by atoms with Crippen LogP contribution in [0, 0.1) is 13.8 Å². The molecule has 0 unspecified atom stereocenters. The third kappa shape index (κ3) is 3.22. The van der Waals surface area contributed by atoms with Gasteiger partial charge in [0.25, 0.3) is 5.91 Å². The third-order valence-corrected chi connectivity index (χ3v) is 4.75. The van der Waals surface area contributed by atoms with E-state index in [2.05, 4.69) is 5.32 Å². The second-order valence-electron chi connectivity index (χ2n) is 6.39. The first kappa shape index (κ1) is 17.8. The molecule has 0 radical (unpaired) electrons. The lowest BCUT2D eigenvalue weighted by molar-refractivity contribution is -0.117. The quantitative estimate of drug-likeness (QED) is 0.882. The third-order valence-electron chi connectivity index (χ3n) is 4.75. The average Bonchev–Trinajstić information content (AvgIpc) is 3.05. The number of anilines is 2. The van der Waals surface area contributed by atoms with E-state index in [1.807, 2.05) is 6.92 Å². The molecule has 2 N–H and O–H groups in total. The Morgan fingerprint density at radius 3 is 2.65 bits per heavy atom. The summed E-state index contributed by atoms with van der Waals surface area (Å²) in [5.74, 6) is 0.161. The topological polar surface area (TPSA) is 78.9 Å². The molecule has 1 heterocycles. The lowest BCUT2D eigenvalue weighted by Gasteiger charge is -2.20. The maximum absolute atomic E-state index is 12.5. The van der Waals surface area contributed by atoms with E-state index in [0.717, 1.165) is 12.0 Å². The number of nitrogens with zero attached hydrogens (tertiary/aromatic N) is 1. The van der Waals surface area contributed by atoms with Crippen LogP contribution in [0.5, 0.6) is 11.5 Å². The van der Waals surface area contributed by atoms with Crippen LogP contribution in [-0.4, -0.2) is 30.6 Å². The fourth-order valence-corrected chi connectivity index (χ4v) is 3.06. The zero-order valence-corrected chi connectivity index (χ0v) is 15.1. The molecule has 136 valence electrons. The number of ether oxygens (including phenoxy) is 1. The summed E-state index contributed by atoms with van der Waals surface area (Å²) in [4.78, 5) is 26.2. The van der Waals surface area contributed by atoms with Crippen LogP contribution < -0.4 is 15.0 Å². The summed E-state index contributed by atoms with van der Waals surface area (Å²) in [6.07, 6.45) is 1.36. The lowest BCUT2D eigenvalue weighted by atomic mass is 10.0. The van der Waals surface area contributed by atoms with Gasteiger partial charge in [-0.2, -0.15) is 0 Å². The van der Waals surface area contributed by atoms with Gasteiger partial charge in [-0.25, -0.2) is 0 Å². The smallest absolute Gasteiger partial charge is 0.259 e. The van der Waals surface area contributed by atoms with Gasteiger partial charge in [-0.3, -0.25) is 9.59 Å². The number of carbonyl (C=O) groups excluding carboxylic acids is 2. The van der Waals surface area contributed by atoms with E-state index in [1.54, 1.807) is 42.2 Å². The second kappa shape index (κ2) is 7.07. The Hall–Kier alpha value is -3.02. The van der Waals surface area contributed by atoms with Crippen molar-refractivity contribution in [3.63, 3.8) is 0 Å². The minimum Gasteiger partial charge on any atom is -0.507 e. The molecule has 0 spiro atoms. The maximum atomic E-state index is 12.5. The molecule has 1 fully saturated rings. The van der Waals surface area contributed by atoms with Crippen LogP contribution >= 0.6 is 0 Å². The van der Waals surface area contributed by atoms with Crippen LogP contribution in [0.1, 0.15) is 34.3 Å². The van der Waals surface area contributed by atoms with Crippen molar-refractivity contribution >= 4 is 23.2 Å². The summed E-state index contributed by atoms with van der Waals surface area (Å²) in [5, 5.41) is 13.0. The standard InChI is InChI=1S/C20H22N2O4/c1-12-6-8-15(19(24)13(12)2)20(25)21-14-7-9-16(17(11-14)26-3)22-10-4-5-18(22)23/h6-9,11,24H,4-5,10H2,1-3H3,(H,21,25). The first-order valence-electron chi connectivity index (χ1n) is 8.51. The van der Waals surface area contributed by atoms with Gasteiger partial charge in [0.2, 0.25) is 5.91 Å². The monoisotopic (exact) mass is 354 g/mol. The largest absolute Gasteiger partial charge is 0.507 e. The van der Waals surface area contributed by atoms with Crippen LogP contribution in [0.4, 0.5) is 11.4 Å². The van der Waals surface area contributed by atoms with Gasteiger partial charge in [-0.05, 0) is 49.6 Å². The Bertz CT molecular complexity index is 876. The Morgan fingerprint density at radius 1 is 1.23 bits per heavy atom. The van der Waals surface area contributed by atoms with Gasteiger partial charge in [-0.1, -0.05) is 6.07 Å². The molecular formula is C20H22N2O4. The van der Waals surface area contributed by atoms with Crippen LogP contribution in [0.3, 0.4) is 0 Å². The van der Waals surface area contributed by atoms with Gasteiger partial charge in [0, 0.05) is 24.7 Å². The highest BCUT2D eigenvalue weighted by atomic mass is 16.5. The van der Waals surface area contributed by atoms with E-state index in [9.17, 15) is 14.7 Å². The summed E-state index contributed by atoms with van der Waals surface area (Å²) < 4.78 is 5.40. The van der Waals surface area contributed by atoms with Crippen molar-refractivity contribution in [3.8, 4) is 11.5 Å². The van der Waals surface area contributed by atoms with Crippen molar-refractivity contribution < 1.29 is 19.4 Å². The Balaban J connectivity index is 1.85. The molecule has 0 bridgehead atoms. The number of carbonyl (C=O) groups is 2. The van der Waals surface area contributed by atoms with E-state index in [4.69, 9.17) is 4.74 Å². The van der Waals surface area contributed by atoms with E-state index in [-0.39, 0.29) is 17.2 Å². The van der Waals surface area contributed by atoms with Crippen molar-refractivity contribution in [2.75, 3.05) is 23.9 Å². The number of phenolic OH excluding ortho intramolecular Hbond substituents is 1. The highest BCUT2D eigenvalue weighted by Crippen LogP contribution is 2.34. The van der Waals surface area contributed by atoms with Gasteiger partial charge < -0.3 is 20.1 Å². The van der Waals surface area contributed by atoms with Gasteiger partial charge in [-0.15, -0.1) is 0 Å². The number of nitrogens with one attached hydrogen (secondary N) is 1. The molecule has 2 aromatic rings. The van der Waals surface area contributed by atoms with Gasteiger partial charge in [0.05, 0.1) is 18.4 Å². The Kier molecular flexibility index (Phi) is 4.84. The Labute approximate surface area is 152 Å². The van der Waals surface area contributed by atoms with Crippen molar-refractivity contribution in [1.29, 1.82) is 0 Å². The number of benzene rings is 2. The number of aryl methyl sites for hydroxylation is 1. The summed E-state index contributed by atoms with van der Waals surface area (Å²) in [6, 6.07) is 8.56. The Morgan fingerprint density at radius 2 is 2.00 bits per heavy atom. The maximum Gasteiger partial charge on any atom is 0.259 e. The van der Waals surface area contributed by atoms with Crippen molar-refractivity contribution in [2.45, 2.75) is 26.7 Å². The fourth-order valence-electron chi connectivity index (χ4n) is 3.06. The predicted molar refractivity (Wildman–Crippen MR) is 100 cm³/mol. The van der Waals surface area contributed by atoms with E-state index in [1.165, 1.54) is 7.11 Å². The normalized spacial score (nSPS) is 13.8. The van der Waals surface area contributed by atoms with Crippen molar-refractivity contribution in [2.24, 2.45) is 0 Å². The summed E-state index contributed by atoms with van der Waals surface area (Å²) in [5.41, 5.74) is 3.03. The zero-order valence-electron chi connectivity index (χ0n) is 15.1. The molecule has 1 aliphatic heterocycles. The van der Waals surface area contributed by atoms with Crippen LogP contribution in [0.2, 0.25) is 0 Å². The average molecular weight is 354 g/mol. The molecule has 0 atom stereocenters. The molecule has 0 aliphatic carbocycles. The molecule has 6 heteroatoms. The minimum absolute atomic E-state index is 0.0197. The number of hydrogen-bond acceptors (Lipinski definition) is 4. The fraction of sp³-hybridized carbons (Fsp3) is 0.300. The van der Waals surface area contributed by atoms with Gasteiger partial charge >= 0.3 is 0 Å². The first-order valence-corrected chi connectivity index (χ1v) is 8.51. The molecule has 0 saturated carbocycles. The number of amides is 2. The predicted octanol–water partition coefficient (Wildman–Crippen LogP) is 3.40. The number of phenols is 1. The van der Waals surface area contributed by atoms with Crippen LogP contribution in [-0.2, 0) is 4.79 Å². The molecule has 26 heavy (non-hydrogen) atoms. The van der Waals surface area contributed by atoms with E-state index in [0.29, 0.717) is 35.7 Å². The highest BCUT2D eigenvalue weighted by Gasteiger charge is 2.24. The van der Waals surface area contributed by atoms with Gasteiger partial charge in [0.1, 0.15) is 11.5 Å². The summed E-state index contributed by atoms with van der Waals surface area (Å²) in [6.45, 7) is 4.31. The molecule has 1 aliphatic rings. The van der Waals surface area contributed by atoms with E-state index < -0.39 is 5.91 Å². The first-order chi connectivity index (χ1) is 12.4. The molecule has 3 rings (SSSR count). The molecule has 1 saturated heterocycles. The molecular weight excluding hydrogens is 332 g/mol. The SMILES string of the molecule is COc1cc(NC(=O)c2ccc(C)c(C)c2O)ccc1N1CCCC1=O. The number of aromatic hydroxyl groups is 1. The zero-order chi connectivity index (χ0) is 18.8. The summed E-state index contributed by atoms with van der Waals surface area (Å²) in [7, 11) is 1.53. The summed E-state index contributed by atoms with van der Waals surface area (Å²) >= 11 is 0. The molecule has 2 aromatic carbocycles. The van der Waals surface area contributed by atoms with Crippen LogP contribution in [0.25, 0.3) is 0 Å². The van der Waals surface area contributed by atoms with Crippen LogP contribution in [0.15, 0.2) is 30.3 Å². The van der Waals surface area contributed by atoms with Crippen molar-refractivity contribution in [3.05, 3.63) is 47.0 Å². The second-order valence-corrected chi connectivity index (χ2v) is 6.39. The number of hydrogen-bond donors (Lipinski definition) is 2. The lowest BCUT2D eigenvalue weighted by Crippen LogP contribution is -2.24.